The smallest absolute Gasteiger partial charge is 0.220 e. The predicted molar refractivity (Wildman–Crippen MR) is 141 cm³/mol. The Balaban J connectivity index is 1.44. The van der Waals surface area contributed by atoms with Crippen molar-refractivity contribution in [1.29, 1.82) is 0 Å². The maximum atomic E-state index is 10.3. The molecule has 0 bridgehead atoms. The lowest BCUT2D eigenvalue weighted by Crippen LogP contribution is -2.72. The maximum Gasteiger partial charge on any atom is 0.220 e. The number of ether oxygens (including phenoxy) is 6. The molecule has 0 radical (unpaired) electrons. The zero-order chi connectivity index (χ0) is 26.0. The van der Waals surface area contributed by atoms with Gasteiger partial charge in [0.1, 0.15) is 29.9 Å². The fourth-order valence-electron chi connectivity index (χ4n) is 4.94. The van der Waals surface area contributed by atoms with E-state index >= 15 is 0 Å². The van der Waals surface area contributed by atoms with Crippen LogP contribution in [0.2, 0.25) is 0 Å². The van der Waals surface area contributed by atoms with E-state index in [2.05, 4.69) is 24.3 Å². The van der Waals surface area contributed by atoms with Crippen molar-refractivity contribution in [3.8, 4) is 0 Å². The highest BCUT2D eigenvalue weighted by Crippen LogP contribution is 2.47. The van der Waals surface area contributed by atoms with Crippen LogP contribution in [-0.2, 0) is 35.0 Å². The number of fused-ring (bicyclic) bond motifs is 2. The molecule has 0 spiro atoms. The minimum Gasteiger partial charge on any atom is -0.394 e. The Kier molecular flexibility index (Phi) is 7.91. The molecular formula is C29H34O7S. The van der Waals surface area contributed by atoms with Gasteiger partial charge in [-0.1, -0.05) is 66.4 Å². The summed E-state index contributed by atoms with van der Waals surface area (Å²) < 4.78 is 37.6. The van der Waals surface area contributed by atoms with Crippen molar-refractivity contribution < 1.29 is 33.5 Å². The summed E-state index contributed by atoms with van der Waals surface area (Å²) >= 11 is 1.52. The molecular weight excluding hydrogens is 492 g/mol. The van der Waals surface area contributed by atoms with Crippen LogP contribution in [0.1, 0.15) is 19.4 Å². The highest BCUT2D eigenvalue weighted by Gasteiger charge is 2.62. The molecule has 0 unspecified atom stereocenters. The molecule has 198 valence electrons. The second kappa shape index (κ2) is 11.0. The molecule has 2 aliphatic heterocycles. The van der Waals surface area contributed by atoms with E-state index in [0.717, 1.165) is 15.8 Å². The van der Waals surface area contributed by atoms with Crippen LogP contribution in [0.3, 0.4) is 0 Å². The molecule has 3 aromatic carbocycles. The van der Waals surface area contributed by atoms with E-state index in [1.54, 1.807) is 28.1 Å². The Morgan fingerprint density at radius 2 is 1.49 bits per heavy atom. The molecule has 0 aliphatic carbocycles. The lowest BCUT2D eigenvalue weighted by atomic mass is 9.95. The van der Waals surface area contributed by atoms with Crippen LogP contribution in [0.25, 0.3) is 10.8 Å². The standard InChI is InChI=1S/C29H34O7S/c1-28(31-3)29(2,32-4)36-26-25(35-28)24(23(17-30)34-27(26)37-22-12-6-5-7-13-22)33-18-19-14-15-20-10-8-9-11-21(20)16-19/h5-16,23-27,30H,17-18H2,1-4H3/t23-,24-,25+,26-,27+,28-,29-/m1/s1. The molecule has 2 saturated heterocycles. The van der Waals surface area contributed by atoms with Crippen LogP contribution in [0.15, 0.2) is 77.7 Å². The third-order valence-corrected chi connectivity index (χ3v) is 8.50. The minimum atomic E-state index is -1.22. The monoisotopic (exact) mass is 526 g/mol. The van der Waals surface area contributed by atoms with Gasteiger partial charge in [0.25, 0.3) is 0 Å². The molecule has 2 heterocycles. The molecule has 5 rings (SSSR count). The van der Waals surface area contributed by atoms with Crippen molar-refractivity contribution in [2.24, 2.45) is 0 Å². The van der Waals surface area contributed by atoms with Crippen LogP contribution < -0.4 is 0 Å². The van der Waals surface area contributed by atoms with Crippen LogP contribution in [0.4, 0.5) is 0 Å². The van der Waals surface area contributed by atoms with E-state index in [4.69, 9.17) is 28.4 Å². The zero-order valence-electron chi connectivity index (χ0n) is 21.5. The number of rotatable bonds is 8. The summed E-state index contributed by atoms with van der Waals surface area (Å²) in [5.74, 6) is -2.41. The molecule has 0 amide bonds. The van der Waals surface area contributed by atoms with Crippen LogP contribution in [0, 0.1) is 0 Å². The summed E-state index contributed by atoms with van der Waals surface area (Å²) in [5.41, 5.74) is 0.543. The topological polar surface area (TPSA) is 75.6 Å². The number of aliphatic hydroxyl groups is 1. The number of methoxy groups -OCH3 is 2. The predicted octanol–water partition coefficient (Wildman–Crippen LogP) is 4.74. The Bertz CT molecular complexity index is 1190. The second-order valence-electron chi connectivity index (χ2n) is 9.58. The molecule has 2 fully saturated rings. The van der Waals surface area contributed by atoms with Gasteiger partial charge in [-0.25, -0.2) is 0 Å². The first-order chi connectivity index (χ1) is 17.9. The first-order valence-corrected chi connectivity index (χ1v) is 13.3. The summed E-state index contributed by atoms with van der Waals surface area (Å²) in [6.45, 7) is 3.67. The van der Waals surface area contributed by atoms with Crippen molar-refractivity contribution in [2.45, 2.75) is 66.8 Å². The lowest BCUT2D eigenvalue weighted by Gasteiger charge is -2.57. The second-order valence-corrected chi connectivity index (χ2v) is 10.7. The van der Waals surface area contributed by atoms with Crippen LogP contribution >= 0.6 is 11.8 Å². The van der Waals surface area contributed by atoms with E-state index in [1.807, 2.05) is 48.5 Å². The largest absolute Gasteiger partial charge is 0.394 e. The van der Waals surface area contributed by atoms with E-state index < -0.39 is 41.4 Å². The van der Waals surface area contributed by atoms with Gasteiger partial charge >= 0.3 is 0 Å². The summed E-state index contributed by atoms with van der Waals surface area (Å²) in [7, 11) is 3.12. The Hall–Kier alpha value is -2.01. The van der Waals surface area contributed by atoms with Gasteiger partial charge < -0.3 is 33.5 Å². The number of aliphatic hydroxyl groups excluding tert-OH is 1. The summed E-state index contributed by atoms with van der Waals surface area (Å²) in [4.78, 5) is 1.02. The van der Waals surface area contributed by atoms with Gasteiger partial charge in [0.15, 0.2) is 0 Å². The highest BCUT2D eigenvalue weighted by molar-refractivity contribution is 7.99. The lowest BCUT2D eigenvalue weighted by molar-refractivity contribution is -0.469. The fraction of sp³-hybridized carbons (Fsp3) is 0.448. The summed E-state index contributed by atoms with van der Waals surface area (Å²) in [6, 6.07) is 24.4. The fourth-order valence-corrected chi connectivity index (χ4v) is 6.06. The first kappa shape index (κ1) is 26.6. The van der Waals surface area contributed by atoms with Crippen molar-refractivity contribution in [3.05, 3.63) is 78.4 Å². The molecule has 8 heteroatoms. The van der Waals surface area contributed by atoms with Gasteiger partial charge in [0, 0.05) is 19.1 Å². The molecule has 0 saturated carbocycles. The van der Waals surface area contributed by atoms with Gasteiger partial charge in [-0.05, 0) is 48.4 Å². The normalized spacial score (nSPS) is 33.8. The van der Waals surface area contributed by atoms with Gasteiger partial charge in [0.05, 0.1) is 13.2 Å². The quantitative estimate of drug-likeness (QED) is 0.451. The third kappa shape index (κ3) is 5.17. The number of hydrogen-bond donors (Lipinski definition) is 1. The third-order valence-electron chi connectivity index (χ3n) is 7.35. The van der Waals surface area contributed by atoms with E-state index in [1.165, 1.54) is 17.1 Å². The molecule has 7 atom stereocenters. The number of thioether (sulfide) groups is 1. The van der Waals surface area contributed by atoms with Crippen molar-refractivity contribution in [2.75, 3.05) is 20.8 Å². The first-order valence-electron chi connectivity index (χ1n) is 12.4. The zero-order valence-corrected chi connectivity index (χ0v) is 22.4. The highest BCUT2D eigenvalue weighted by atomic mass is 32.2. The van der Waals surface area contributed by atoms with E-state index in [0.29, 0.717) is 6.61 Å². The number of benzene rings is 3. The molecule has 7 nitrogen and oxygen atoms in total. The van der Waals surface area contributed by atoms with Gasteiger partial charge in [-0.3, -0.25) is 0 Å². The Morgan fingerprint density at radius 1 is 0.838 bits per heavy atom. The van der Waals surface area contributed by atoms with Crippen molar-refractivity contribution in [3.63, 3.8) is 0 Å². The van der Waals surface area contributed by atoms with Gasteiger partial charge in [-0.2, -0.15) is 0 Å². The molecule has 0 aromatic heterocycles. The molecule has 2 aliphatic rings. The summed E-state index contributed by atoms with van der Waals surface area (Å²) in [5, 5.41) is 12.6. The molecule has 3 aromatic rings. The van der Waals surface area contributed by atoms with Crippen molar-refractivity contribution in [1.82, 2.24) is 0 Å². The van der Waals surface area contributed by atoms with E-state index in [-0.39, 0.29) is 6.61 Å². The number of hydrogen-bond acceptors (Lipinski definition) is 8. The van der Waals surface area contributed by atoms with Gasteiger partial charge in [0.2, 0.25) is 11.6 Å². The average molecular weight is 527 g/mol. The summed E-state index contributed by atoms with van der Waals surface area (Å²) in [6.07, 6.45) is -2.37. The maximum absolute atomic E-state index is 10.3. The van der Waals surface area contributed by atoms with Crippen molar-refractivity contribution >= 4 is 22.5 Å². The van der Waals surface area contributed by atoms with Crippen LogP contribution in [0.5, 0.6) is 0 Å². The van der Waals surface area contributed by atoms with E-state index in [9.17, 15) is 5.11 Å². The SMILES string of the molecule is CO[C@]1(C)O[C@@H]2[C@@H](O[C@@]1(C)OC)[C@H](Sc1ccccc1)O[C@H](CO)[C@H]2OCc1ccc2ccccc2c1. The molecule has 1 N–H and O–H groups in total. The molecule has 37 heavy (non-hydrogen) atoms. The Labute approximate surface area is 222 Å². The van der Waals surface area contributed by atoms with Crippen LogP contribution in [-0.4, -0.2) is 67.4 Å². The average Bonchev–Trinajstić information content (AvgIpc) is 2.93. The Morgan fingerprint density at radius 3 is 2.16 bits per heavy atom. The minimum absolute atomic E-state index is 0.230. The van der Waals surface area contributed by atoms with Gasteiger partial charge in [-0.15, -0.1) is 0 Å².